The lowest BCUT2D eigenvalue weighted by atomic mass is 10.1. The third-order valence-corrected chi connectivity index (χ3v) is 5.06. The van der Waals surface area contributed by atoms with E-state index in [2.05, 4.69) is 78.8 Å². The monoisotopic (exact) mass is 353 g/mol. The van der Waals surface area contributed by atoms with Crippen molar-refractivity contribution < 1.29 is 0 Å². The summed E-state index contributed by atoms with van der Waals surface area (Å²) >= 11 is 5.49. The maximum Gasteiger partial charge on any atom is 0.171 e. The predicted molar refractivity (Wildman–Crippen MR) is 112 cm³/mol. The van der Waals surface area contributed by atoms with Crippen LogP contribution in [0.4, 0.5) is 11.4 Å². The number of benzene rings is 2. The topological polar surface area (TPSA) is 27.3 Å². The highest BCUT2D eigenvalue weighted by molar-refractivity contribution is 7.80. The normalized spacial score (nSPS) is 15.1. The third kappa shape index (κ3) is 4.51. The Kier molecular flexibility index (Phi) is 5.59. The number of nitrogens with one attached hydrogen (secondary N) is 2. The van der Waals surface area contributed by atoms with Crippen LogP contribution in [0, 0.1) is 13.8 Å². The number of thiocarbonyl (C=S) groups is 1. The molecule has 1 aliphatic rings. The molecule has 0 amide bonds. The highest BCUT2D eigenvalue weighted by atomic mass is 32.1. The third-order valence-electron chi connectivity index (χ3n) is 4.84. The van der Waals surface area contributed by atoms with Crippen molar-refractivity contribution in [2.24, 2.45) is 0 Å². The van der Waals surface area contributed by atoms with Gasteiger partial charge in [-0.2, -0.15) is 0 Å². The summed E-state index contributed by atoms with van der Waals surface area (Å²) in [6.07, 6.45) is 2.61. The fourth-order valence-electron chi connectivity index (χ4n) is 3.34. The number of aryl methyl sites for hydroxylation is 2. The molecule has 0 spiro atoms. The van der Waals surface area contributed by atoms with Gasteiger partial charge < -0.3 is 15.5 Å². The van der Waals surface area contributed by atoms with Crippen LogP contribution in [-0.2, 0) is 0 Å². The van der Waals surface area contributed by atoms with Crippen molar-refractivity contribution in [1.82, 2.24) is 5.32 Å². The molecule has 2 aromatic carbocycles. The van der Waals surface area contributed by atoms with Crippen molar-refractivity contribution in [2.45, 2.75) is 39.7 Å². The summed E-state index contributed by atoms with van der Waals surface area (Å²) in [6, 6.07) is 15.3. The van der Waals surface area contributed by atoms with Gasteiger partial charge in [0, 0.05) is 24.5 Å². The molecule has 0 saturated carbocycles. The summed E-state index contributed by atoms with van der Waals surface area (Å²) in [7, 11) is 0. The summed E-state index contributed by atoms with van der Waals surface area (Å²) < 4.78 is 0. The van der Waals surface area contributed by atoms with Gasteiger partial charge in [0.05, 0.1) is 6.04 Å². The summed E-state index contributed by atoms with van der Waals surface area (Å²) in [5.74, 6) is 0. The van der Waals surface area contributed by atoms with Gasteiger partial charge in [0.1, 0.15) is 0 Å². The van der Waals surface area contributed by atoms with E-state index in [0.29, 0.717) is 5.11 Å². The van der Waals surface area contributed by atoms with Crippen molar-refractivity contribution in [2.75, 3.05) is 23.3 Å². The molecule has 1 heterocycles. The van der Waals surface area contributed by atoms with Crippen LogP contribution in [0.15, 0.2) is 42.5 Å². The van der Waals surface area contributed by atoms with Gasteiger partial charge in [-0.05, 0) is 75.2 Å². The minimum Gasteiger partial charge on any atom is -0.372 e. The first kappa shape index (κ1) is 17.7. The fourth-order valence-corrected chi connectivity index (χ4v) is 3.63. The lowest BCUT2D eigenvalue weighted by Gasteiger charge is -2.21. The minimum absolute atomic E-state index is 0.165. The largest absolute Gasteiger partial charge is 0.372 e. The van der Waals surface area contributed by atoms with E-state index in [0.717, 1.165) is 5.69 Å². The first-order valence-electron chi connectivity index (χ1n) is 9.02. The molecule has 1 atom stereocenters. The van der Waals surface area contributed by atoms with Crippen LogP contribution in [0.25, 0.3) is 0 Å². The van der Waals surface area contributed by atoms with Crippen molar-refractivity contribution >= 4 is 28.7 Å². The zero-order chi connectivity index (χ0) is 17.8. The first-order chi connectivity index (χ1) is 12.0. The van der Waals surface area contributed by atoms with Crippen molar-refractivity contribution in [1.29, 1.82) is 0 Å². The van der Waals surface area contributed by atoms with Crippen LogP contribution in [0.3, 0.4) is 0 Å². The number of hydrogen-bond acceptors (Lipinski definition) is 2. The van der Waals surface area contributed by atoms with Gasteiger partial charge in [-0.3, -0.25) is 0 Å². The molecule has 0 unspecified atom stereocenters. The van der Waals surface area contributed by atoms with E-state index >= 15 is 0 Å². The summed E-state index contributed by atoms with van der Waals surface area (Å²) in [5, 5.41) is 7.34. The average molecular weight is 354 g/mol. The quantitative estimate of drug-likeness (QED) is 0.761. The molecule has 4 heteroatoms. The summed E-state index contributed by atoms with van der Waals surface area (Å²) in [4.78, 5) is 2.45. The Balaban J connectivity index is 1.59. The van der Waals surface area contributed by atoms with Crippen LogP contribution in [0.1, 0.15) is 42.5 Å². The van der Waals surface area contributed by atoms with E-state index in [4.69, 9.17) is 12.2 Å². The summed E-state index contributed by atoms with van der Waals surface area (Å²) in [6.45, 7) is 8.69. The van der Waals surface area contributed by atoms with Crippen molar-refractivity contribution in [3.63, 3.8) is 0 Å². The molecule has 0 bridgehead atoms. The van der Waals surface area contributed by atoms with Crippen LogP contribution >= 0.6 is 12.2 Å². The lowest BCUT2D eigenvalue weighted by Crippen LogP contribution is -2.31. The Hall–Kier alpha value is -2.07. The van der Waals surface area contributed by atoms with E-state index in [9.17, 15) is 0 Å². The molecule has 132 valence electrons. The number of hydrogen-bond donors (Lipinski definition) is 2. The number of anilines is 2. The Bertz CT molecular complexity index is 733. The second kappa shape index (κ2) is 7.87. The van der Waals surface area contributed by atoms with E-state index in [1.54, 1.807) is 0 Å². The Morgan fingerprint density at radius 2 is 1.72 bits per heavy atom. The SMILES string of the molecule is Cc1ccc(NC(=S)N[C@H](C)c2ccc(N3CCCC3)cc2)c(C)c1. The standard InChI is InChI=1S/C21H27N3S/c1-15-6-11-20(16(2)14-15)23-21(25)22-17(3)18-7-9-19(10-8-18)24-12-4-5-13-24/h6-11,14,17H,4-5,12-13H2,1-3H3,(H2,22,23,25)/t17-/m1/s1. The van der Waals surface area contributed by atoms with Gasteiger partial charge in [0.15, 0.2) is 5.11 Å². The molecule has 1 aliphatic heterocycles. The number of rotatable bonds is 4. The summed E-state index contributed by atoms with van der Waals surface area (Å²) in [5.41, 5.74) is 6.08. The molecule has 3 rings (SSSR count). The fraction of sp³-hybridized carbons (Fsp3) is 0.381. The molecule has 1 saturated heterocycles. The van der Waals surface area contributed by atoms with Gasteiger partial charge in [0.25, 0.3) is 0 Å². The van der Waals surface area contributed by atoms with Crippen LogP contribution in [0.2, 0.25) is 0 Å². The lowest BCUT2D eigenvalue weighted by molar-refractivity contribution is 0.722. The molecule has 3 nitrogen and oxygen atoms in total. The van der Waals surface area contributed by atoms with Crippen LogP contribution in [0.5, 0.6) is 0 Å². The van der Waals surface area contributed by atoms with Gasteiger partial charge in [-0.25, -0.2) is 0 Å². The molecule has 0 aliphatic carbocycles. The molecule has 1 fully saturated rings. The minimum atomic E-state index is 0.165. The van der Waals surface area contributed by atoms with E-state index in [1.165, 1.54) is 48.3 Å². The Labute approximate surface area is 156 Å². The Morgan fingerprint density at radius 1 is 1.04 bits per heavy atom. The van der Waals surface area contributed by atoms with Crippen LogP contribution in [-0.4, -0.2) is 18.2 Å². The zero-order valence-corrected chi connectivity index (χ0v) is 16.1. The van der Waals surface area contributed by atoms with Crippen molar-refractivity contribution in [3.05, 3.63) is 59.2 Å². The molecular weight excluding hydrogens is 326 g/mol. The predicted octanol–water partition coefficient (Wildman–Crippen LogP) is 4.95. The molecule has 25 heavy (non-hydrogen) atoms. The van der Waals surface area contributed by atoms with Crippen LogP contribution < -0.4 is 15.5 Å². The molecular formula is C21H27N3S. The van der Waals surface area contributed by atoms with E-state index in [1.807, 2.05) is 0 Å². The second-order valence-corrected chi connectivity index (χ2v) is 7.33. The van der Waals surface area contributed by atoms with Gasteiger partial charge >= 0.3 is 0 Å². The maximum atomic E-state index is 5.49. The smallest absolute Gasteiger partial charge is 0.171 e. The Morgan fingerprint density at radius 3 is 2.36 bits per heavy atom. The van der Waals surface area contributed by atoms with E-state index in [-0.39, 0.29) is 6.04 Å². The van der Waals surface area contributed by atoms with Gasteiger partial charge in [0.2, 0.25) is 0 Å². The zero-order valence-electron chi connectivity index (χ0n) is 15.3. The van der Waals surface area contributed by atoms with Gasteiger partial charge in [-0.1, -0.05) is 29.8 Å². The molecule has 2 N–H and O–H groups in total. The van der Waals surface area contributed by atoms with E-state index < -0.39 is 0 Å². The average Bonchev–Trinajstić information content (AvgIpc) is 3.12. The highest BCUT2D eigenvalue weighted by Gasteiger charge is 2.13. The molecule has 2 aromatic rings. The highest BCUT2D eigenvalue weighted by Crippen LogP contribution is 2.23. The maximum absolute atomic E-state index is 5.49. The van der Waals surface area contributed by atoms with Crippen molar-refractivity contribution in [3.8, 4) is 0 Å². The molecule has 0 radical (unpaired) electrons. The molecule has 0 aromatic heterocycles. The second-order valence-electron chi connectivity index (χ2n) is 6.92. The first-order valence-corrected chi connectivity index (χ1v) is 9.43. The van der Waals surface area contributed by atoms with Gasteiger partial charge in [-0.15, -0.1) is 0 Å². The number of nitrogens with zero attached hydrogens (tertiary/aromatic N) is 1.